The largest absolute Gasteiger partial charge is 0.488 e. The molecule has 2 aromatic rings. The lowest BCUT2D eigenvalue weighted by Crippen LogP contribution is -2.08. The van der Waals surface area contributed by atoms with Crippen molar-refractivity contribution in [2.45, 2.75) is 32.5 Å². The third kappa shape index (κ3) is 7.30. The van der Waals surface area contributed by atoms with Crippen molar-refractivity contribution in [3.63, 3.8) is 0 Å². The Morgan fingerprint density at radius 3 is 2.55 bits per heavy atom. The Labute approximate surface area is 167 Å². The first-order valence-corrected chi connectivity index (χ1v) is 9.02. The molecule has 0 fully saturated rings. The molecule has 0 radical (unpaired) electrons. The van der Waals surface area contributed by atoms with E-state index in [1.807, 2.05) is 0 Å². The summed E-state index contributed by atoms with van der Waals surface area (Å²) in [5.41, 5.74) is 0.354. The third-order valence-corrected chi connectivity index (χ3v) is 3.93. The molecule has 0 aliphatic rings. The van der Waals surface area contributed by atoms with Crippen molar-refractivity contribution in [3.8, 4) is 11.5 Å². The topological polar surface area (TPSA) is 54.0 Å². The molecule has 0 aliphatic heterocycles. The van der Waals surface area contributed by atoms with Gasteiger partial charge >= 0.3 is 12.1 Å². The second kappa shape index (κ2) is 10.7. The van der Waals surface area contributed by atoms with Crippen molar-refractivity contribution < 1.29 is 36.9 Å². The van der Waals surface area contributed by atoms with Crippen molar-refractivity contribution >= 4 is 5.97 Å². The van der Waals surface area contributed by atoms with Crippen LogP contribution < -0.4 is 9.47 Å². The van der Waals surface area contributed by atoms with Gasteiger partial charge in [-0.3, -0.25) is 4.79 Å². The minimum absolute atomic E-state index is 0.0369. The maximum absolute atomic E-state index is 12.9. The molecule has 0 saturated heterocycles. The van der Waals surface area contributed by atoms with Crippen LogP contribution in [0.1, 0.15) is 30.0 Å². The zero-order valence-corrected chi connectivity index (χ0v) is 16.3. The quantitative estimate of drug-likeness (QED) is 0.416. The first-order valence-electron chi connectivity index (χ1n) is 9.02. The molecule has 0 unspecified atom stereocenters. The fourth-order valence-corrected chi connectivity index (χ4v) is 2.56. The Hall–Kier alpha value is -2.74. The summed E-state index contributed by atoms with van der Waals surface area (Å²) >= 11 is 0. The molecule has 2 aromatic carbocycles. The van der Waals surface area contributed by atoms with Crippen LogP contribution in [0.2, 0.25) is 0 Å². The van der Waals surface area contributed by atoms with Gasteiger partial charge in [-0.15, -0.1) is 0 Å². The highest BCUT2D eigenvalue weighted by Crippen LogP contribution is 2.31. The number of halogens is 3. The molecule has 0 amide bonds. The van der Waals surface area contributed by atoms with E-state index in [0.29, 0.717) is 30.1 Å². The Morgan fingerprint density at radius 1 is 1.07 bits per heavy atom. The second-order valence-corrected chi connectivity index (χ2v) is 6.11. The van der Waals surface area contributed by atoms with Crippen molar-refractivity contribution in [2.24, 2.45) is 0 Å². The first-order chi connectivity index (χ1) is 13.8. The van der Waals surface area contributed by atoms with Crippen LogP contribution in [-0.4, -0.2) is 26.5 Å². The summed E-state index contributed by atoms with van der Waals surface area (Å²) in [6.07, 6.45) is -3.90. The van der Waals surface area contributed by atoms with Crippen LogP contribution in [0.5, 0.6) is 11.5 Å². The van der Waals surface area contributed by atoms with Gasteiger partial charge in [0.15, 0.2) is 6.79 Å². The van der Waals surface area contributed by atoms with Crippen LogP contribution in [-0.2, 0) is 33.5 Å². The number of esters is 1. The lowest BCUT2D eigenvalue weighted by molar-refractivity contribution is -0.143. The summed E-state index contributed by atoms with van der Waals surface area (Å²) in [5.74, 6) is 0.558. The normalized spacial score (nSPS) is 11.2. The van der Waals surface area contributed by atoms with Crippen LogP contribution in [0.4, 0.5) is 13.2 Å². The van der Waals surface area contributed by atoms with E-state index in [9.17, 15) is 18.0 Å². The minimum atomic E-state index is -4.42. The van der Waals surface area contributed by atoms with Gasteiger partial charge in [0.05, 0.1) is 12.2 Å². The first kappa shape index (κ1) is 22.5. The number of aryl methyl sites for hydroxylation is 1. The summed E-state index contributed by atoms with van der Waals surface area (Å²) in [6, 6.07) is 10.0. The molecule has 0 heterocycles. The molecule has 0 bridgehead atoms. The monoisotopic (exact) mass is 412 g/mol. The molecule has 158 valence electrons. The third-order valence-electron chi connectivity index (χ3n) is 3.93. The van der Waals surface area contributed by atoms with Gasteiger partial charge in [0.1, 0.15) is 18.1 Å². The van der Waals surface area contributed by atoms with Crippen LogP contribution in [0.3, 0.4) is 0 Å². The zero-order chi connectivity index (χ0) is 21.3. The lowest BCUT2D eigenvalue weighted by atomic mass is 10.1. The Kier molecular flexibility index (Phi) is 8.33. The molecule has 0 aromatic heterocycles. The highest BCUT2D eigenvalue weighted by Gasteiger charge is 2.30. The maximum Gasteiger partial charge on any atom is 0.416 e. The summed E-state index contributed by atoms with van der Waals surface area (Å²) in [4.78, 5) is 11.6. The molecule has 5 nitrogen and oxygen atoms in total. The van der Waals surface area contributed by atoms with E-state index in [1.165, 1.54) is 13.2 Å². The highest BCUT2D eigenvalue weighted by molar-refractivity contribution is 5.69. The van der Waals surface area contributed by atoms with Gasteiger partial charge in [0.2, 0.25) is 0 Å². The lowest BCUT2D eigenvalue weighted by Gasteiger charge is -2.15. The van der Waals surface area contributed by atoms with Crippen LogP contribution >= 0.6 is 0 Å². The maximum atomic E-state index is 12.9. The van der Waals surface area contributed by atoms with Gasteiger partial charge < -0.3 is 18.9 Å². The number of hydrogen-bond acceptors (Lipinski definition) is 5. The van der Waals surface area contributed by atoms with Gasteiger partial charge in [-0.05, 0) is 42.7 Å². The van der Waals surface area contributed by atoms with E-state index < -0.39 is 11.7 Å². The second-order valence-electron chi connectivity index (χ2n) is 6.11. The summed E-state index contributed by atoms with van der Waals surface area (Å²) in [5, 5.41) is 0. The van der Waals surface area contributed by atoms with E-state index in [4.69, 9.17) is 18.9 Å². The molecular weight excluding hydrogens is 389 g/mol. The summed E-state index contributed by atoms with van der Waals surface area (Å²) < 4.78 is 59.6. The highest BCUT2D eigenvalue weighted by atomic mass is 19.4. The number of carbonyl (C=O) groups is 1. The van der Waals surface area contributed by atoms with Gasteiger partial charge in [-0.2, -0.15) is 13.2 Å². The molecular formula is C21H23F3O5. The number of benzene rings is 2. The van der Waals surface area contributed by atoms with Crippen molar-refractivity contribution in [1.82, 2.24) is 0 Å². The van der Waals surface area contributed by atoms with Crippen molar-refractivity contribution in [3.05, 3.63) is 59.2 Å². The number of rotatable bonds is 10. The number of alkyl halides is 3. The summed E-state index contributed by atoms with van der Waals surface area (Å²) in [6.45, 7) is 1.99. The molecule has 29 heavy (non-hydrogen) atoms. The fraction of sp³-hybridized carbons (Fsp3) is 0.381. The van der Waals surface area contributed by atoms with Crippen molar-refractivity contribution in [1.29, 1.82) is 0 Å². The predicted octanol–water partition coefficient (Wildman–Crippen LogP) is 4.76. The van der Waals surface area contributed by atoms with Gasteiger partial charge in [0, 0.05) is 19.6 Å². The predicted molar refractivity (Wildman–Crippen MR) is 99.7 cm³/mol. The molecule has 8 heteroatoms. The fourth-order valence-electron chi connectivity index (χ4n) is 2.56. The van der Waals surface area contributed by atoms with E-state index in [-0.39, 0.29) is 25.8 Å². The Balaban J connectivity index is 2.15. The Bertz CT molecular complexity index is 805. The molecule has 0 aliphatic carbocycles. The standard InChI is InChI=1S/C21H23F3O5/c1-3-27-20(25)10-8-16-7-9-18(29-14-26-2)12-19(16)28-13-15-5-4-6-17(11-15)21(22,23)24/h4-7,9,11-12H,3,8,10,13-14H2,1-2H3. The molecule has 0 saturated carbocycles. The van der Waals surface area contributed by atoms with E-state index in [2.05, 4.69) is 0 Å². The number of carbonyl (C=O) groups excluding carboxylic acids is 1. The van der Waals surface area contributed by atoms with Crippen LogP contribution in [0.15, 0.2) is 42.5 Å². The molecule has 2 rings (SSSR count). The summed E-state index contributed by atoms with van der Waals surface area (Å²) in [7, 11) is 1.48. The van der Waals surface area contributed by atoms with Gasteiger partial charge in [-0.1, -0.05) is 18.2 Å². The van der Waals surface area contributed by atoms with Crippen LogP contribution in [0, 0.1) is 0 Å². The average Bonchev–Trinajstić information content (AvgIpc) is 2.69. The molecule has 0 spiro atoms. The number of ether oxygens (including phenoxy) is 4. The van der Waals surface area contributed by atoms with Crippen LogP contribution in [0.25, 0.3) is 0 Å². The molecule has 0 atom stereocenters. The van der Waals surface area contributed by atoms with E-state index in [1.54, 1.807) is 31.2 Å². The smallest absolute Gasteiger partial charge is 0.416 e. The zero-order valence-electron chi connectivity index (χ0n) is 16.3. The van der Waals surface area contributed by atoms with Gasteiger partial charge in [0.25, 0.3) is 0 Å². The number of hydrogen-bond donors (Lipinski definition) is 0. The van der Waals surface area contributed by atoms with Crippen molar-refractivity contribution in [2.75, 3.05) is 20.5 Å². The van der Waals surface area contributed by atoms with Gasteiger partial charge in [-0.25, -0.2) is 0 Å². The minimum Gasteiger partial charge on any atom is -0.488 e. The number of methoxy groups -OCH3 is 1. The SMILES string of the molecule is CCOC(=O)CCc1ccc(OCOC)cc1OCc1cccc(C(F)(F)F)c1. The Morgan fingerprint density at radius 2 is 1.86 bits per heavy atom. The van der Waals surface area contributed by atoms with E-state index >= 15 is 0 Å². The average molecular weight is 412 g/mol. The molecule has 0 N–H and O–H groups in total. The van der Waals surface area contributed by atoms with E-state index in [0.717, 1.165) is 17.7 Å².